The SMILES string of the molecule is NCC(Cn1ncn(Cc2ccc(N3C(=O)OCc4ccccc43)s2)c1=O)=C(F)F. The van der Waals surface area contributed by atoms with Crippen LogP contribution < -0.4 is 16.3 Å². The first-order valence-electron chi connectivity index (χ1n) is 8.96. The summed E-state index contributed by atoms with van der Waals surface area (Å²) in [6.45, 7) is -0.315. The molecule has 0 unspecified atom stereocenters. The molecular formula is C19H17F2N5O3S. The number of hydrogen-bond donors (Lipinski definition) is 1. The van der Waals surface area contributed by atoms with Gasteiger partial charge in [-0.2, -0.15) is 13.9 Å². The molecule has 3 aromatic rings. The van der Waals surface area contributed by atoms with Crippen molar-refractivity contribution in [1.29, 1.82) is 0 Å². The number of nitrogens with zero attached hydrogens (tertiary/aromatic N) is 4. The van der Waals surface area contributed by atoms with Gasteiger partial charge in [0.25, 0.3) is 6.08 Å². The number of halogens is 2. The van der Waals surface area contributed by atoms with Gasteiger partial charge in [-0.25, -0.2) is 19.2 Å². The maximum absolute atomic E-state index is 12.8. The van der Waals surface area contributed by atoms with Gasteiger partial charge in [-0.3, -0.25) is 4.57 Å². The molecule has 0 bridgehead atoms. The molecule has 0 saturated heterocycles. The van der Waals surface area contributed by atoms with Gasteiger partial charge < -0.3 is 10.5 Å². The fraction of sp³-hybridized carbons (Fsp3) is 0.211. The molecule has 0 saturated carbocycles. The zero-order valence-corrected chi connectivity index (χ0v) is 16.4. The van der Waals surface area contributed by atoms with Gasteiger partial charge >= 0.3 is 11.8 Å². The third-order valence-corrected chi connectivity index (χ3v) is 5.67. The number of rotatable bonds is 6. The number of hydrogen-bond acceptors (Lipinski definition) is 6. The van der Waals surface area contributed by atoms with Crippen molar-refractivity contribution in [2.75, 3.05) is 11.4 Å². The number of para-hydroxylation sites is 1. The van der Waals surface area contributed by atoms with Crippen LogP contribution in [0.3, 0.4) is 0 Å². The number of ether oxygens (including phenoxy) is 1. The van der Waals surface area contributed by atoms with Crippen molar-refractivity contribution < 1.29 is 18.3 Å². The molecule has 2 N–H and O–H groups in total. The van der Waals surface area contributed by atoms with Crippen molar-refractivity contribution in [2.24, 2.45) is 5.73 Å². The number of nitrogens with two attached hydrogens (primary N) is 1. The highest BCUT2D eigenvalue weighted by atomic mass is 32.1. The number of carbonyl (C=O) groups is 1. The van der Waals surface area contributed by atoms with Crippen LogP contribution in [-0.4, -0.2) is 27.0 Å². The van der Waals surface area contributed by atoms with Crippen molar-refractivity contribution in [2.45, 2.75) is 19.7 Å². The molecule has 0 aliphatic carbocycles. The molecular weight excluding hydrogens is 416 g/mol. The van der Waals surface area contributed by atoms with Crippen molar-refractivity contribution >= 4 is 28.1 Å². The van der Waals surface area contributed by atoms with Crippen molar-refractivity contribution in [3.63, 3.8) is 0 Å². The average molecular weight is 433 g/mol. The molecule has 8 nitrogen and oxygen atoms in total. The number of anilines is 2. The third kappa shape index (κ3) is 3.76. The Morgan fingerprint density at radius 1 is 1.20 bits per heavy atom. The molecule has 0 radical (unpaired) electrons. The summed E-state index contributed by atoms with van der Waals surface area (Å²) >= 11 is 1.32. The Kier molecular flexibility index (Phi) is 5.46. The molecule has 4 rings (SSSR count). The summed E-state index contributed by atoms with van der Waals surface area (Å²) in [6.07, 6.45) is -1.09. The van der Waals surface area contributed by atoms with Crippen molar-refractivity contribution in [1.82, 2.24) is 14.3 Å². The minimum Gasteiger partial charge on any atom is -0.444 e. The number of aromatic nitrogens is 3. The van der Waals surface area contributed by atoms with Crippen molar-refractivity contribution in [3.8, 4) is 0 Å². The van der Waals surface area contributed by atoms with Crippen LogP contribution >= 0.6 is 11.3 Å². The first kappa shape index (κ1) is 20.0. The van der Waals surface area contributed by atoms with Crippen LogP contribution in [0.4, 0.5) is 24.3 Å². The topological polar surface area (TPSA) is 95.4 Å². The Bertz CT molecular complexity index is 1180. The van der Waals surface area contributed by atoms with Crippen LogP contribution in [0.2, 0.25) is 0 Å². The van der Waals surface area contributed by atoms with Gasteiger partial charge in [-0.1, -0.05) is 18.2 Å². The number of benzene rings is 1. The normalized spacial score (nSPS) is 13.2. The highest BCUT2D eigenvalue weighted by molar-refractivity contribution is 7.16. The molecule has 1 aromatic carbocycles. The van der Waals surface area contributed by atoms with Gasteiger partial charge in [-0.05, 0) is 18.2 Å². The van der Waals surface area contributed by atoms with Crippen LogP contribution in [0.25, 0.3) is 0 Å². The third-order valence-electron chi connectivity index (χ3n) is 4.61. The molecule has 1 amide bonds. The van der Waals surface area contributed by atoms with Crippen LogP contribution in [-0.2, 0) is 24.4 Å². The van der Waals surface area contributed by atoms with Crippen molar-refractivity contribution in [3.05, 3.63) is 75.3 Å². The molecule has 3 heterocycles. The molecule has 1 aliphatic rings. The minimum atomic E-state index is -1.91. The second-order valence-corrected chi connectivity index (χ2v) is 7.67. The van der Waals surface area contributed by atoms with Crippen LogP contribution in [0.1, 0.15) is 10.4 Å². The molecule has 2 aromatic heterocycles. The lowest BCUT2D eigenvalue weighted by atomic mass is 10.1. The van der Waals surface area contributed by atoms with Gasteiger partial charge in [0.2, 0.25) is 0 Å². The molecule has 11 heteroatoms. The first-order chi connectivity index (χ1) is 14.5. The highest BCUT2D eigenvalue weighted by Gasteiger charge is 2.28. The molecule has 0 spiro atoms. The van der Waals surface area contributed by atoms with Crippen LogP contribution in [0.5, 0.6) is 0 Å². The maximum Gasteiger partial charge on any atom is 0.419 e. The second kappa shape index (κ2) is 8.20. The van der Waals surface area contributed by atoms with E-state index in [9.17, 15) is 18.4 Å². The molecule has 0 fully saturated rings. The number of amides is 1. The fourth-order valence-electron chi connectivity index (χ4n) is 3.07. The van der Waals surface area contributed by atoms with Gasteiger partial charge in [0.1, 0.15) is 17.9 Å². The summed E-state index contributed by atoms with van der Waals surface area (Å²) in [5.41, 5.74) is 6.07. The number of thiophene rings is 1. The predicted molar refractivity (Wildman–Crippen MR) is 107 cm³/mol. The maximum atomic E-state index is 12.8. The minimum absolute atomic E-state index is 0.188. The van der Waals surface area contributed by atoms with Crippen LogP contribution in [0, 0.1) is 0 Å². The average Bonchev–Trinajstić information content (AvgIpc) is 3.33. The first-order valence-corrected chi connectivity index (χ1v) is 9.78. The van der Waals surface area contributed by atoms with E-state index >= 15 is 0 Å². The van der Waals surface area contributed by atoms with E-state index in [1.54, 1.807) is 12.1 Å². The molecule has 156 valence electrons. The number of fused-ring (bicyclic) bond motifs is 1. The summed E-state index contributed by atoms with van der Waals surface area (Å²) in [7, 11) is 0. The van der Waals surface area contributed by atoms with E-state index in [1.807, 2.05) is 24.3 Å². The van der Waals surface area contributed by atoms with E-state index in [4.69, 9.17) is 10.5 Å². The highest BCUT2D eigenvalue weighted by Crippen LogP contribution is 2.37. The van der Waals surface area contributed by atoms with E-state index < -0.39 is 17.9 Å². The monoisotopic (exact) mass is 433 g/mol. The number of cyclic esters (lactones) is 1. The summed E-state index contributed by atoms with van der Waals surface area (Å²) in [6, 6.07) is 11.0. The molecule has 30 heavy (non-hydrogen) atoms. The second-order valence-electron chi connectivity index (χ2n) is 6.53. The largest absolute Gasteiger partial charge is 0.444 e. The predicted octanol–water partition coefficient (Wildman–Crippen LogP) is 3.05. The lowest BCUT2D eigenvalue weighted by Gasteiger charge is -2.27. The molecule has 0 atom stereocenters. The van der Waals surface area contributed by atoms with Gasteiger partial charge in [0.15, 0.2) is 0 Å². The van der Waals surface area contributed by atoms with E-state index in [0.717, 1.165) is 20.8 Å². The van der Waals surface area contributed by atoms with Crippen LogP contribution in [0.15, 0.2) is 59.2 Å². The summed E-state index contributed by atoms with van der Waals surface area (Å²) in [5.74, 6) is 0. The zero-order chi connectivity index (χ0) is 21.3. The van der Waals surface area contributed by atoms with E-state index in [2.05, 4.69) is 5.10 Å². The lowest BCUT2D eigenvalue weighted by Crippen LogP contribution is -2.30. The Labute approximate surface area is 173 Å². The van der Waals surface area contributed by atoms with Gasteiger partial charge in [-0.15, -0.1) is 11.3 Å². The lowest BCUT2D eigenvalue weighted by molar-refractivity contribution is 0.145. The Hall–Kier alpha value is -3.31. The quantitative estimate of drug-likeness (QED) is 0.645. The summed E-state index contributed by atoms with van der Waals surface area (Å²) in [4.78, 5) is 27.1. The van der Waals surface area contributed by atoms with Gasteiger partial charge in [0.05, 0.1) is 18.8 Å². The zero-order valence-electron chi connectivity index (χ0n) is 15.6. The summed E-state index contributed by atoms with van der Waals surface area (Å²) < 4.78 is 33.1. The Balaban J connectivity index is 1.56. The summed E-state index contributed by atoms with van der Waals surface area (Å²) in [5, 5.41) is 4.53. The Morgan fingerprint density at radius 2 is 2.00 bits per heavy atom. The van der Waals surface area contributed by atoms with Gasteiger partial charge in [0, 0.05) is 22.6 Å². The standard InChI is InChI=1S/C19H17F2N5O3S/c20-17(21)13(7-22)8-25-18(27)24(11-23-25)9-14-5-6-16(30-14)26-15-4-2-1-3-12(15)10-29-19(26)28/h1-6,11H,7-10,22H2. The van der Waals surface area contributed by atoms with E-state index in [1.165, 1.54) is 27.1 Å². The van der Waals surface area contributed by atoms with E-state index in [0.29, 0.717) is 5.00 Å². The fourth-order valence-corrected chi connectivity index (χ4v) is 4.08. The van der Waals surface area contributed by atoms with E-state index in [-0.39, 0.29) is 31.8 Å². The smallest absolute Gasteiger partial charge is 0.419 e. The number of carbonyl (C=O) groups excluding carboxylic acids is 1. The Morgan fingerprint density at radius 3 is 2.77 bits per heavy atom. The molecule has 1 aliphatic heterocycles.